The predicted octanol–water partition coefficient (Wildman–Crippen LogP) is 1.10. The molecular formula is C13H26N2O2. The zero-order valence-electron chi connectivity index (χ0n) is 11.5. The van der Waals surface area contributed by atoms with Crippen molar-refractivity contribution in [3.63, 3.8) is 0 Å². The third-order valence-corrected chi connectivity index (χ3v) is 3.86. The van der Waals surface area contributed by atoms with Crippen LogP contribution in [0.1, 0.15) is 27.2 Å². The minimum Gasteiger partial charge on any atom is -0.469 e. The molecule has 1 aliphatic heterocycles. The molecule has 0 bridgehead atoms. The minimum absolute atomic E-state index is 0.138. The lowest BCUT2D eigenvalue weighted by Gasteiger charge is -2.39. The Morgan fingerprint density at radius 3 is 2.71 bits per heavy atom. The molecule has 1 saturated heterocycles. The first-order valence-electron chi connectivity index (χ1n) is 6.41. The van der Waals surface area contributed by atoms with Crippen molar-refractivity contribution in [2.75, 3.05) is 33.3 Å². The molecule has 0 aromatic rings. The summed E-state index contributed by atoms with van der Waals surface area (Å²) in [6.45, 7) is 9.68. The number of nitrogens with two attached hydrogens (primary N) is 1. The van der Waals surface area contributed by atoms with E-state index < -0.39 is 5.41 Å². The lowest BCUT2D eigenvalue weighted by molar-refractivity contribution is -0.152. The van der Waals surface area contributed by atoms with E-state index in [-0.39, 0.29) is 5.97 Å². The number of piperidine rings is 1. The van der Waals surface area contributed by atoms with Crippen LogP contribution < -0.4 is 5.73 Å². The van der Waals surface area contributed by atoms with Gasteiger partial charge in [0.05, 0.1) is 12.5 Å². The van der Waals surface area contributed by atoms with Gasteiger partial charge in [0.25, 0.3) is 0 Å². The average Bonchev–Trinajstić information content (AvgIpc) is 2.30. The van der Waals surface area contributed by atoms with Crippen molar-refractivity contribution < 1.29 is 9.53 Å². The van der Waals surface area contributed by atoms with Gasteiger partial charge >= 0.3 is 5.97 Å². The summed E-state index contributed by atoms with van der Waals surface area (Å²) in [6.07, 6.45) is 1.17. The molecular weight excluding hydrogens is 216 g/mol. The van der Waals surface area contributed by atoms with Gasteiger partial charge in [-0.2, -0.15) is 0 Å². The van der Waals surface area contributed by atoms with Gasteiger partial charge < -0.3 is 15.4 Å². The van der Waals surface area contributed by atoms with E-state index in [9.17, 15) is 4.79 Å². The molecule has 4 nitrogen and oxygen atoms in total. The second kappa shape index (κ2) is 5.83. The van der Waals surface area contributed by atoms with E-state index >= 15 is 0 Å². The van der Waals surface area contributed by atoms with Crippen molar-refractivity contribution in [2.24, 2.45) is 23.0 Å². The van der Waals surface area contributed by atoms with E-state index in [0.717, 1.165) is 26.2 Å². The first-order valence-corrected chi connectivity index (χ1v) is 6.41. The summed E-state index contributed by atoms with van der Waals surface area (Å²) in [4.78, 5) is 14.0. The van der Waals surface area contributed by atoms with E-state index in [2.05, 4.69) is 11.8 Å². The Morgan fingerprint density at radius 2 is 2.18 bits per heavy atom. The van der Waals surface area contributed by atoms with Crippen LogP contribution in [0.4, 0.5) is 0 Å². The Morgan fingerprint density at radius 1 is 1.53 bits per heavy atom. The van der Waals surface area contributed by atoms with Crippen LogP contribution >= 0.6 is 0 Å². The van der Waals surface area contributed by atoms with Crippen molar-refractivity contribution in [1.82, 2.24) is 4.90 Å². The molecule has 0 radical (unpaired) electrons. The maximum atomic E-state index is 11.6. The number of rotatable bonds is 4. The second-order valence-corrected chi connectivity index (χ2v) is 5.87. The van der Waals surface area contributed by atoms with Crippen molar-refractivity contribution >= 4 is 5.97 Å². The molecule has 2 unspecified atom stereocenters. The zero-order chi connectivity index (χ0) is 13.1. The average molecular weight is 242 g/mol. The maximum Gasteiger partial charge on any atom is 0.312 e. The number of hydrogen-bond donors (Lipinski definition) is 1. The molecule has 4 heteroatoms. The highest BCUT2D eigenvalue weighted by molar-refractivity contribution is 5.76. The van der Waals surface area contributed by atoms with Crippen LogP contribution in [0.25, 0.3) is 0 Å². The Balaban J connectivity index is 2.55. The largest absolute Gasteiger partial charge is 0.469 e. The van der Waals surface area contributed by atoms with Crippen LogP contribution in [0, 0.1) is 17.3 Å². The van der Waals surface area contributed by atoms with Crippen LogP contribution in [0.15, 0.2) is 0 Å². The van der Waals surface area contributed by atoms with Crippen molar-refractivity contribution in [1.29, 1.82) is 0 Å². The van der Waals surface area contributed by atoms with E-state index in [1.165, 1.54) is 13.5 Å². The number of methoxy groups -OCH3 is 1. The van der Waals surface area contributed by atoms with Crippen LogP contribution in [0.3, 0.4) is 0 Å². The molecule has 2 N–H and O–H groups in total. The number of likely N-dealkylation sites (tertiary alicyclic amines) is 1. The molecule has 0 spiro atoms. The van der Waals surface area contributed by atoms with Gasteiger partial charge in [-0.3, -0.25) is 4.79 Å². The lowest BCUT2D eigenvalue weighted by atomic mass is 9.85. The lowest BCUT2D eigenvalue weighted by Crippen LogP contribution is -2.48. The topological polar surface area (TPSA) is 55.6 Å². The van der Waals surface area contributed by atoms with E-state index in [0.29, 0.717) is 11.8 Å². The van der Waals surface area contributed by atoms with Gasteiger partial charge in [0.1, 0.15) is 0 Å². The SMILES string of the molecule is COC(=O)C(C)(C)CN1CCC(C)C(CN)C1. The molecule has 0 amide bonds. The number of ether oxygens (including phenoxy) is 1. The highest BCUT2D eigenvalue weighted by Gasteiger charge is 2.34. The van der Waals surface area contributed by atoms with Crippen LogP contribution in [0.2, 0.25) is 0 Å². The van der Waals surface area contributed by atoms with Crippen molar-refractivity contribution in [3.05, 3.63) is 0 Å². The minimum atomic E-state index is -0.436. The summed E-state index contributed by atoms with van der Waals surface area (Å²) in [7, 11) is 1.45. The smallest absolute Gasteiger partial charge is 0.312 e. The molecule has 1 rings (SSSR count). The van der Waals surface area contributed by atoms with Gasteiger partial charge in [0.2, 0.25) is 0 Å². The standard InChI is InChI=1S/C13H26N2O2/c1-10-5-6-15(8-11(10)7-14)9-13(2,3)12(16)17-4/h10-11H,5-9,14H2,1-4H3. The monoisotopic (exact) mass is 242 g/mol. The van der Waals surface area contributed by atoms with Gasteiger partial charge in [-0.25, -0.2) is 0 Å². The Hall–Kier alpha value is -0.610. The molecule has 0 aromatic carbocycles. The van der Waals surface area contributed by atoms with Crippen LogP contribution in [-0.4, -0.2) is 44.2 Å². The quantitative estimate of drug-likeness (QED) is 0.750. The fourth-order valence-electron chi connectivity index (χ4n) is 2.58. The fraction of sp³-hybridized carbons (Fsp3) is 0.923. The summed E-state index contributed by atoms with van der Waals surface area (Å²) in [5, 5.41) is 0. The maximum absolute atomic E-state index is 11.6. The number of esters is 1. The Labute approximate surface area is 104 Å². The zero-order valence-corrected chi connectivity index (χ0v) is 11.5. The van der Waals surface area contributed by atoms with Gasteiger partial charge in [0.15, 0.2) is 0 Å². The summed E-state index contributed by atoms with van der Waals surface area (Å²) < 4.78 is 4.84. The van der Waals surface area contributed by atoms with Gasteiger partial charge in [-0.15, -0.1) is 0 Å². The molecule has 1 heterocycles. The first-order chi connectivity index (χ1) is 7.90. The van der Waals surface area contributed by atoms with Crippen molar-refractivity contribution in [3.8, 4) is 0 Å². The molecule has 0 saturated carbocycles. The molecule has 100 valence electrons. The second-order valence-electron chi connectivity index (χ2n) is 5.87. The van der Waals surface area contributed by atoms with E-state index in [1.54, 1.807) is 0 Å². The molecule has 1 aliphatic rings. The third kappa shape index (κ3) is 3.68. The van der Waals surface area contributed by atoms with E-state index in [1.807, 2.05) is 13.8 Å². The molecule has 0 aliphatic carbocycles. The van der Waals surface area contributed by atoms with Crippen LogP contribution in [-0.2, 0) is 9.53 Å². The Bertz CT molecular complexity index is 266. The van der Waals surface area contributed by atoms with Crippen LogP contribution in [0.5, 0.6) is 0 Å². The number of nitrogens with zero attached hydrogens (tertiary/aromatic N) is 1. The van der Waals surface area contributed by atoms with Gasteiger partial charge in [-0.1, -0.05) is 6.92 Å². The normalized spacial score (nSPS) is 26.9. The summed E-state index contributed by atoms with van der Waals surface area (Å²) in [5.74, 6) is 1.11. The highest BCUT2D eigenvalue weighted by Crippen LogP contribution is 2.26. The molecule has 0 aromatic heterocycles. The molecule has 1 fully saturated rings. The third-order valence-electron chi connectivity index (χ3n) is 3.86. The van der Waals surface area contributed by atoms with E-state index in [4.69, 9.17) is 10.5 Å². The number of hydrogen-bond acceptors (Lipinski definition) is 4. The predicted molar refractivity (Wildman–Crippen MR) is 68.6 cm³/mol. The van der Waals surface area contributed by atoms with Crippen molar-refractivity contribution in [2.45, 2.75) is 27.2 Å². The highest BCUT2D eigenvalue weighted by atomic mass is 16.5. The van der Waals surface area contributed by atoms with Gasteiger partial charge in [-0.05, 0) is 45.2 Å². The molecule has 17 heavy (non-hydrogen) atoms. The summed E-state index contributed by atoms with van der Waals surface area (Å²) in [6, 6.07) is 0. The molecule has 2 atom stereocenters. The summed E-state index contributed by atoms with van der Waals surface area (Å²) in [5.41, 5.74) is 5.35. The van der Waals surface area contributed by atoms with Gasteiger partial charge in [0, 0.05) is 13.1 Å². The Kier molecular flexibility index (Phi) is 4.95. The first kappa shape index (κ1) is 14.5. The fourth-order valence-corrected chi connectivity index (χ4v) is 2.58. The summed E-state index contributed by atoms with van der Waals surface area (Å²) >= 11 is 0. The number of carbonyl (C=O) groups is 1. The number of carbonyl (C=O) groups excluding carboxylic acids is 1.